The van der Waals surface area contributed by atoms with Crippen LogP contribution >= 0.6 is 0 Å². The van der Waals surface area contributed by atoms with Crippen LogP contribution in [-0.2, 0) is 21.2 Å². The van der Waals surface area contributed by atoms with Crippen LogP contribution < -0.4 is 5.32 Å². The molecule has 0 radical (unpaired) electrons. The van der Waals surface area contributed by atoms with Crippen LogP contribution in [0.2, 0.25) is 0 Å². The molecule has 2 aromatic carbocycles. The quantitative estimate of drug-likeness (QED) is 0.832. The zero-order valence-corrected chi connectivity index (χ0v) is 14.3. The zero-order chi connectivity index (χ0) is 17.4. The summed E-state index contributed by atoms with van der Waals surface area (Å²) in [7, 11) is -3.65. The normalized spacial score (nSPS) is 12.4. The summed E-state index contributed by atoms with van der Waals surface area (Å²) in [5, 5.41) is 1.47. The van der Waals surface area contributed by atoms with Gasteiger partial charge in [0.25, 0.3) is 0 Å². The number of rotatable bonds is 7. The number of hydrogen-bond acceptors (Lipinski definition) is 4. The van der Waals surface area contributed by atoms with Crippen LogP contribution in [0, 0.1) is 0 Å². The molecule has 0 heterocycles. The van der Waals surface area contributed by atoms with Crippen molar-refractivity contribution in [3.8, 4) is 0 Å². The van der Waals surface area contributed by atoms with Gasteiger partial charge in [0.1, 0.15) is 12.0 Å². The van der Waals surface area contributed by atoms with Gasteiger partial charge in [0, 0.05) is 0 Å². The third-order valence-electron chi connectivity index (χ3n) is 3.49. The summed E-state index contributed by atoms with van der Waals surface area (Å²) in [5.74, 6) is 0. The van der Waals surface area contributed by atoms with Crippen LogP contribution in [0.3, 0.4) is 0 Å². The molecule has 2 aromatic rings. The standard InChI is InChI=1S/C18H21NO4S/c1-2-9-17(24(21,22)16-12-7-4-8-13-16)19-18(20)23-14-15-10-5-3-6-11-15/h3-8,10-13,17H,2,9,14H2,1H3,(H,19,20). The zero-order valence-electron chi connectivity index (χ0n) is 13.5. The molecule has 0 bridgehead atoms. The summed E-state index contributed by atoms with van der Waals surface area (Å²) in [6.07, 6.45) is 0.199. The Balaban J connectivity index is 2.04. The lowest BCUT2D eigenvalue weighted by Gasteiger charge is -2.18. The molecular formula is C18H21NO4S. The monoisotopic (exact) mass is 347 g/mol. The predicted molar refractivity (Wildman–Crippen MR) is 92.1 cm³/mol. The molecule has 0 aliphatic heterocycles. The number of ether oxygens (including phenoxy) is 1. The van der Waals surface area contributed by atoms with E-state index < -0.39 is 21.3 Å². The molecule has 1 N–H and O–H groups in total. The number of carbonyl (C=O) groups is 1. The number of nitrogens with one attached hydrogen (secondary N) is 1. The van der Waals surface area contributed by atoms with Crippen molar-refractivity contribution in [3.63, 3.8) is 0 Å². The summed E-state index contributed by atoms with van der Waals surface area (Å²) >= 11 is 0. The largest absolute Gasteiger partial charge is 0.445 e. The molecule has 1 unspecified atom stereocenters. The van der Waals surface area contributed by atoms with E-state index in [0.717, 1.165) is 5.56 Å². The Kier molecular flexibility index (Phi) is 6.37. The average Bonchev–Trinajstić information content (AvgIpc) is 2.61. The van der Waals surface area contributed by atoms with E-state index in [9.17, 15) is 13.2 Å². The van der Waals surface area contributed by atoms with E-state index in [0.29, 0.717) is 12.8 Å². The molecule has 0 saturated heterocycles. The van der Waals surface area contributed by atoms with Gasteiger partial charge in [-0.1, -0.05) is 61.9 Å². The maximum Gasteiger partial charge on any atom is 0.408 e. The summed E-state index contributed by atoms with van der Waals surface area (Å²) < 4.78 is 30.4. The van der Waals surface area contributed by atoms with E-state index in [1.165, 1.54) is 12.1 Å². The minimum Gasteiger partial charge on any atom is -0.445 e. The highest BCUT2D eigenvalue weighted by atomic mass is 32.2. The second-order valence-corrected chi connectivity index (χ2v) is 7.47. The van der Waals surface area contributed by atoms with E-state index in [4.69, 9.17) is 4.74 Å². The number of sulfone groups is 1. The Labute approximate surface area is 142 Å². The molecule has 6 heteroatoms. The molecule has 128 valence electrons. The van der Waals surface area contributed by atoms with Crippen LogP contribution in [0.25, 0.3) is 0 Å². The van der Waals surface area contributed by atoms with Crippen molar-refractivity contribution in [2.75, 3.05) is 0 Å². The summed E-state index contributed by atoms with van der Waals surface area (Å²) in [4.78, 5) is 12.2. The maximum absolute atomic E-state index is 12.7. The number of alkyl carbamates (subject to hydrolysis) is 1. The minimum absolute atomic E-state index is 0.0941. The van der Waals surface area contributed by atoms with Crippen molar-refractivity contribution >= 4 is 15.9 Å². The molecule has 0 saturated carbocycles. The number of amides is 1. The Morgan fingerprint density at radius 2 is 1.62 bits per heavy atom. The number of carbonyl (C=O) groups excluding carboxylic acids is 1. The molecule has 0 aliphatic rings. The van der Waals surface area contributed by atoms with Crippen molar-refractivity contribution in [1.82, 2.24) is 5.32 Å². The van der Waals surface area contributed by atoms with Crippen LogP contribution in [-0.4, -0.2) is 19.9 Å². The first kappa shape index (κ1) is 18.0. The van der Waals surface area contributed by atoms with Crippen LogP contribution in [0.5, 0.6) is 0 Å². The molecule has 0 fully saturated rings. The predicted octanol–water partition coefficient (Wildman–Crippen LogP) is 3.51. The first-order valence-corrected chi connectivity index (χ1v) is 9.35. The van der Waals surface area contributed by atoms with Gasteiger partial charge < -0.3 is 10.1 Å². The molecule has 2 rings (SSSR count). The van der Waals surface area contributed by atoms with Gasteiger partial charge in [-0.15, -0.1) is 0 Å². The van der Waals surface area contributed by atoms with Crippen LogP contribution in [0.4, 0.5) is 4.79 Å². The number of hydrogen-bond donors (Lipinski definition) is 1. The first-order chi connectivity index (χ1) is 11.5. The fourth-order valence-electron chi connectivity index (χ4n) is 2.24. The first-order valence-electron chi connectivity index (χ1n) is 7.80. The van der Waals surface area contributed by atoms with E-state index in [-0.39, 0.29) is 11.5 Å². The van der Waals surface area contributed by atoms with Crippen molar-refractivity contribution < 1.29 is 17.9 Å². The molecule has 1 amide bonds. The maximum atomic E-state index is 12.7. The molecule has 5 nitrogen and oxygen atoms in total. The Morgan fingerprint density at radius 1 is 1.04 bits per heavy atom. The van der Waals surface area contributed by atoms with Gasteiger partial charge >= 0.3 is 6.09 Å². The lowest BCUT2D eigenvalue weighted by atomic mass is 10.2. The Hall–Kier alpha value is -2.34. The Morgan fingerprint density at radius 3 is 2.21 bits per heavy atom. The molecular weight excluding hydrogens is 326 g/mol. The van der Waals surface area contributed by atoms with Gasteiger partial charge in [0.15, 0.2) is 9.84 Å². The fraction of sp³-hybridized carbons (Fsp3) is 0.278. The number of benzene rings is 2. The molecule has 1 atom stereocenters. The summed E-state index contributed by atoms with van der Waals surface area (Å²) in [6.45, 7) is 1.96. The Bertz CT molecular complexity index is 745. The van der Waals surface area contributed by atoms with Crippen molar-refractivity contribution in [1.29, 1.82) is 0 Å². The van der Waals surface area contributed by atoms with E-state index >= 15 is 0 Å². The van der Waals surface area contributed by atoms with Gasteiger partial charge in [0.2, 0.25) is 0 Å². The third kappa shape index (κ3) is 4.83. The van der Waals surface area contributed by atoms with Gasteiger partial charge in [-0.2, -0.15) is 0 Å². The van der Waals surface area contributed by atoms with Crippen molar-refractivity contribution in [2.45, 2.75) is 36.6 Å². The smallest absolute Gasteiger partial charge is 0.408 e. The van der Waals surface area contributed by atoms with E-state index in [1.54, 1.807) is 18.2 Å². The van der Waals surface area contributed by atoms with E-state index in [1.807, 2.05) is 37.3 Å². The van der Waals surface area contributed by atoms with E-state index in [2.05, 4.69) is 5.32 Å². The fourth-order valence-corrected chi connectivity index (χ4v) is 3.90. The molecule has 0 aliphatic carbocycles. The van der Waals surface area contributed by atoms with Gasteiger partial charge in [0.05, 0.1) is 4.90 Å². The van der Waals surface area contributed by atoms with Crippen molar-refractivity contribution in [2.24, 2.45) is 0 Å². The molecule has 24 heavy (non-hydrogen) atoms. The van der Waals surface area contributed by atoms with Gasteiger partial charge in [-0.3, -0.25) is 0 Å². The van der Waals surface area contributed by atoms with Crippen LogP contribution in [0.15, 0.2) is 65.6 Å². The highest BCUT2D eigenvalue weighted by Crippen LogP contribution is 2.17. The SMILES string of the molecule is CCCC(NC(=O)OCc1ccccc1)S(=O)(=O)c1ccccc1. The third-order valence-corrected chi connectivity index (χ3v) is 5.52. The lowest BCUT2D eigenvalue weighted by molar-refractivity contribution is 0.138. The topological polar surface area (TPSA) is 72.5 Å². The van der Waals surface area contributed by atoms with Gasteiger partial charge in [-0.05, 0) is 24.1 Å². The summed E-state index contributed by atoms with van der Waals surface area (Å²) in [5.41, 5.74) is 0.839. The second kappa shape index (κ2) is 8.49. The highest BCUT2D eigenvalue weighted by molar-refractivity contribution is 7.92. The van der Waals surface area contributed by atoms with Crippen molar-refractivity contribution in [3.05, 3.63) is 66.2 Å². The minimum atomic E-state index is -3.65. The summed E-state index contributed by atoms with van der Waals surface area (Å²) in [6, 6.07) is 17.3. The van der Waals surface area contributed by atoms with Crippen LogP contribution in [0.1, 0.15) is 25.3 Å². The second-order valence-electron chi connectivity index (χ2n) is 5.34. The van der Waals surface area contributed by atoms with Gasteiger partial charge in [-0.25, -0.2) is 13.2 Å². The lowest BCUT2D eigenvalue weighted by Crippen LogP contribution is -2.41. The molecule has 0 spiro atoms. The molecule has 0 aromatic heterocycles. The average molecular weight is 347 g/mol. The highest BCUT2D eigenvalue weighted by Gasteiger charge is 2.28.